The second-order valence-corrected chi connectivity index (χ2v) is 7.73. The molecule has 1 aliphatic rings. The summed E-state index contributed by atoms with van der Waals surface area (Å²) in [5.41, 5.74) is 0.476. The van der Waals surface area contributed by atoms with Gasteiger partial charge in [0.25, 0.3) is 5.91 Å². The lowest BCUT2D eigenvalue weighted by atomic mass is 9.88. The number of carbonyl (C=O) groups is 2. The van der Waals surface area contributed by atoms with E-state index < -0.39 is 23.6 Å². The van der Waals surface area contributed by atoms with Crippen molar-refractivity contribution in [3.63, 3.8) is 0 Å². The summed E-state index contributed by atoms with van der Waals surface area (Å²) < 4.78 is 5.65. The Morgan fingerprint density at radius 2 is 1.73 bits per heavy atom. The third-order valence-corrected chi connectivity index (χ3v) is 5.52. The Hall–Kier alpha value is -3.38. The van der Waals surface area contributed by atoms with Crippen LogP contribution >= 0.6 is 0 Å². The smallest absolute Gasteiger partial charge is 0.325 e. The molecule has 0 spiro atoms. The van der Waals surface area contributed by atoms with Crippen LogP contribution in [0.3, 0.4) is 0 Å². The second-order valence-electron chi connectivity index (χ2n) is 7.73. The van der Waals surface area contributed by atoms with Crippen LogP contribution in [-0.4, -0.2) is 41.2 Å². The lowest BCUT2D eigenvalue weighted by Gasteiger charge is -2.24. The monoisotopic (exact) mass is 404 g/mol. The third-order valence-electron chi connectivity index (χ3n) is 5.52. The van der Waals surface area contributed by atoms with Crippen LogP contribution in [-0.2, 0) is 10.3 Å². The van der Waals surface area contributed by atoms with Crippen molar-refractivity contribution in [1.82, 2.24) is 10.2 Å². The van der Waals surface area contributed by atoms with Crippen LogP contribution in [0.1, 0.15) is 18.1 Å². The van der Waals surface area contributed by atoms with Gasteiger partial charge in [-0.05, 0) is 41.8 Å². The quantitative estimate of drug-likeness (QED) is 0.618. The average Bonchev–Trinajstić information content (AvgIpc) is 2.96. The van der Waals surface area contributed by atoms with Gasteiger partial charge in [0, 0.05) is 0 Å². The van der Waals surface area contributed by atoms with E-state index in [-0.39, 0.29) is 13.2 Å². The van der Waals surface area contributed by atoms with Crippen molar-refractivity contribution in [3.8, 4) is 5.75 Å². The number of hydrogen-bond acceptors (Lipinski definition) is 4. The number of aryl methyl sites for hydroxylation is 1. The van der Waals surface area contributed by atoms with Crippen molar-refractivity contribution in [3.05, 3.63) is 77.9 Å². The molecule has 0 unspecified atom stereocenters. The number of aliphatic hydroxyl groups excluding tert-OH is 1. The zero-order chi connectivity index (χ0) is 21.3. The number of para-hydroxylation sites is 1. The number of fused-ring (bicyclic) bond motifs is 1. The van der Waals surface area contributed by atoms with E-state index >= 15 is 0 Å². The summed E-state index contributed by atoms with van der Waals surface area (Å²) in [6, 6.07) is 20.4. The number of imide groups is 1. The number of benzene rings is 3. The Kier molecular flexibility index (Phi) is 5.18. The first-order chi connectivity index (χ1) is 14.4. The maximum absolute atomic E-state index is 13.2. The van der Waals surface area contributed by atoms with Gasteiger partial charge < -0.3 is 15.2 Å². The highest BCUT2D eigenvalue weighted by Gasteiger charge is 2.49. The molecule has 3 aromatic carbocycles. The van der Waals surface area contributed by atoms with E-state index in [2.05, 4.69) is 5.32 Å². The number of nitrogens with zero attached hydrogens (tertiary/aromatic N) is 1. The second kappa shape index (κ2) is 7.80. The molecular formula is C24H24N2O4. The van der Waals surface area contributed by atoms with Gasteiger partial charge in [-0.1, -0.05) is 60.7 Å². The number of urea groups is 1. The zero-order valence-electron chi connectivity index (χ0n) is 17.0. The Morgan fingerprint density at radius 3 is 2.53 bits per heavy atom. The number of rotatable bonds is 6. The summed E-state index contributed by atoms with van der Waals surface area (Å²) in [6.45, 7) is 3.45. The molecule has 3 aromatic rings. The highest BCUT2D eigenvalue weighted by molar-refractivity contribution is 6.09. The van der Waals surface area contributed by atoms with Crippen molar-refractivity contribution in [2.24, 2.45) is 0 Å². The topological polar surface area (TPSA) is 78.9 Å². The van der Waals surface area contributed by atoms with Gasteiger partial charge in [-0.25, -0.2) is 4.79 Å². The first kappa shape index (κ1) is 19.9. The maximum atomic E-state index is 13.2. The Labute approximate surface area is 175 Å². The molecule has 0 radical (unpaired) electrons. The fourth-order valence-corrected chi connectivity index (χ4v) is 3.87. The van der Waals surface area contributed by atoms with Crippen molar-refractivity contribution in [2.75, 3.05) is 13.2 Å². The van der Waals surface area contributed by atoms with E-state index in [0.29, 0.717) is 5.75 Å². The van der Waals surface area contributed by atoms with Crippen LogP contribution in [0.5, 0.6) is 5.75 Å². The molecule has 0 aromatic heterocycles. The average molecular weight is 404 g/mol. The molecule has 0 bridgehead atoms. The molecule has 6 nitrogen and oxygen atoms in total. The van der Waals surface area contributed by atoms with Gasteiger partial charge in [-0.3, -0.25) is 9.69 Å². The molecule has 154 valence electrons. The lowest BCUT2D eigenvalue weighted by Crippen LogP contribution is -2.43. The van der Waals surface area contributed by atoms with Crippen molar-refractivity contribution in [1.29, 1.82) is 0 Å². The molecule has 1 heterocycles. The van der Waals surface area contributed by atoms with E-state index in [4.69, 9.17) is 4.74 Å². The van der Waals surface area contributed by atoms with Crippen LogP contribution in [0, 0.1) is 6.92 Å². The van der Waals surface area contributed by atoms with Crippen LogP contribution in [0.15, 0.2) is 66.7 Å². The number of amides is 3. The molecule has 30 heavy (non-hydrogen) atoms. The molecule has 0 aliphatic carbocycles. The van der Waals surface area contributed by atoms with Crippen LogP contribution in [0.2, 0.25) is 0 Å². The first-order valence-corrected chi connectivity index (χ1v) is 9.89. The lowest BCUT2D eigenvalue weighted by molar-refractivity contribution is -0.132. The number of nitrogens with one attached hydrogen (secondary N) is 1. The van der Waals surface area contributed by atoms with Crippen LogP contribution in [0.4, 0.5) is 4.79 Å². The van der Waals surface area contributed by atoms with E-state index in [1.165, 1.54) is 0 Å². The molecule has 6 heteroatoms. The van der Waals surface area contributed by atoms with Gasteiger partial charge in [-0.2, -0.15) is 0 Å². The van der Waals surface area contributed by atoms with E-state index in [9.17, 15) is 14.7 Å². The Morgan fingerprint density at radius 1 is 1.03 bits per heavy atom. The van der Waals surface area contributed by atoms with Crippen molar-refractivity contribution in [2.45, 2.75) is 25.5 Å². The van der Waals surface area contributed by atoms with Gasteiger partial charge >= 0.3 is 6.03 Å². The van der Waals surface area contributed by atoms with Crippen LogP contribution < -0.4 is 10.1 Å². The molecule has 2 atom stereocenters. The molecule has 1 aliphatic heterocycles. The van der Waals surface area contributed by atoms with Gasteiger partial charge in [0.1, 0.15) is 24.0 Å². The Balaban J connectivity index is 1.51. The van der Waals surface area contributed by atoms with Crippen molar-refractivity contribution < 1.29 is 19.4 Å². The summed E-state index contributed by atoms with van der Waals surface area (Å²) in [4.78, 5) is 26.9. The van der Waals surface area contributed by atoms with Gasteiger partial charge in [0.05, 0.1) is 6.54 Å². The first-order valence-electron chi connectivity index (χ1n) is 9.89. The molecule has 0 saturated carbocycles. The minimum Gasteiger partial charge on any atom is -0.491 e. The third kappa shape index (κ3) is 3.50. The normalized spacial score (nSPS) is 19.8. The predicted octanol–water partition coefficient (Wildman–Crippen LogP) is 3.36. The molecule has 1 saturated heterocycles. The van der Waals surface area contributed by atoms with Gasteiger partial charge in [0.2, 0.25) is 0 Å². The predicted molar refractivity (Wildman–Crippen MR) is 114 cm³/mol. The summed E-state index contributed by atoms with van der Waals surface area (Å²) in [5.74, 6) is 0.271. The Bertz CT molecular complexity index is 1110. The number of aliphatic hydroxyl groups is 1. The largest absolute Gasteiger partial charge is 0.491 e. The van der Waals surface area contributed by atoms with E-state index in [1.54, 1.807) is 6.92 Å². The summed E-state index contributed by atoms with van der Waals surface area (Å²) in [5, 5.41) is 15.1. The van der Waals surface area contributed by atoms with E-state index in [1.807, 2.05) is 73.7 Å². The standard InChI is InChI=1S/C24H24N2O4/c1-16-8-3-6-13-21(16)30-15-18(27)14-26-22(28)24(2,25-23(26)29)20-12-7-10-17-9-4-5-11-19(17)20/h3-13,18,27H,14-15H2,1-2H3,(H,25,29)/t18-,24+/m1/s1. The summed E-state index contributed by atoms with van der Waals surface area (Å²) in [6.07, 6.45) is -1.01. The fourth-order valence-electron chi connectivity index (χ4n) is 3.87. The van der Waals surface area contributed by atoms with Gasteiger partial charge in [0.15, 0.2) is 0 Å². The fraction of sp³-hybridized carbons (Fsp3) is 0.250. The summed E-state index contributed by atoms with van der Waals surface area (Å²) in [7, 11) is 0. The zero-order valence-corrected chi connectivity index (χ0v) is 17.0. The molecule has 4 rings (SSSR count). The molecular weight excluding hydrogens is 380 g/mol. The van der Waals surface area contributed by atoms with Crippen molar-refractivity contribution >= 4 is 22.7 Å². The molecule has 3 amide bonds. The molecule has 2 N–H and O–H groups in total. The van der Waals surface area contributed by atoms with E-state index in [0.717, 1.165) is 26.8 Å². The highest BCUT2D eigenvalue weighted by Crippen LogP contribution is 2.33. The number of carbonyl (C=O) groups excluding carboxylic acids is 2. The number of hydrogen-bond donors (Lipinski definition) is 2. The maximum Gasteiger partial charge on any atom is 0.325 e. The minimum absolute atomic E-state index is 0.0209. The number of ether oxygens (including phenoxy) is 1. The molecule has 1 fully saturated rings. The SMILES string of the molecule is Cc1ccccc1OC[C@H](O)CN1C(=O)N[C@@](C)(c2cccc3ccccc23)C1=O. The minimum atomic E-state index is -1.20. The highest BCUT2D eigenvalue weighted by atomic mass is 16.5. The van der Waals surface area contributed by atoms with Gasteiger partial charge in [-0.15, -0.1) is 0 Å². The summed E-state index contributed by atoms with van der Waals surface area (Å²) >= 11 is 0. The number of β-amino-alcohol motifs (C(OH)–C–C–N with tert-alkyl or cyclic N) is 1. The van der Waals surface area contributed by atoms with Crippen LogP contribution in [0.25, 0.3) is 10.8 Å².